The smallest absolute Gasteiger partial charge is 0.354 e. The number of rotatable bonds is 6. The fraction of sp³-hybridized carbons (Fsp3) is 0.136. The Morgan fingerprint density at radius 2 is 1.94 bits per heavy atom. The van der Waals surface area contributed by atoms with Crippen LogP contribution in [0.15, 0.2) is 57.8 Å². The molecule has 0 spiro atoms. The molecule has 0 aliphatic rings. The van der Waals surface area contributed by atoms with Crippen molar-refractivity contribution in [1.29, 1.82) is 5.26 Å². The topological polar surface area (TPSA) is 65.4 Å². The average Bonchev–Trinajstić information content (AvgIpc) is 3.15. The van der Waals surface area contributed by atoms with Crippen molar-refractivity contribution in [1.82, 2.24) is 10.2 Å². The van der Waals surface area contributed by atoms with E-state index in [2.05, 4.69) is 17.0 Å². The first-order chi connectivity index (χ1) is 15.6. The standard InChI is InChI=1S/C22H14Cl2F4N4O/c1-12(20-15(10-29)19(31-33-20)18-16(24)7-4-8-17(18)25)21(22(26,27)28)32(30-2)11-13-5-3-6-14(23)9-13/h3-9H,2,11H2,1H3/b21-12+. The molecule has 0 fully saturated rings. The van der Waals surface area contributed by atoms with Crippen molar-refractivity contribution < 1.29 is 22.1 Å². The zero-order valence-corrected chi connectivity index (χ0v) is 18.4. The number of halogens is 6. The van der Waals surface area contributed by atoms with Gasteiger partial charge in [-0.1, -0.05) is 46.6 Å². The molecule has 0 atom stereocenters. The molecule has 170 valence electrons. The summed E-state index contributed by atoms with van der Waals surface area (Å²) in [6.45, 7) is 4.01. The molecule has 0 aliphatic carbocycles. The van der Waals surface area contributed by atoms with Crippen LogP contribution >= 0.6 is 23.2 Å². The van der Waals surface area contributed by atoms with Gasteiger partial charge in [-0.25, -0.2) is 4.39 Å². The lowest BCUT2D eigenvalue weighted by Gasteiger charge is -2.25. The summed E-state index contributed by atoms with van der Waals surface area (Å²) in [5, 5.41) is 17.7. The number of nitriles is 1. The van der Waals surface area contributed by atoms with E-state index in [1.54, 1.807) is 24.3 Å². The van der Waals surface area contributed by atoms with Gasteiger partial charge in [0.15, 0.2) is 5.76 Å². The Morgan fingerprint density at radius 3 is 2.52 bits per heavy atom. The van der Waals surface area contributed by atoms with Crippen LogP contribution in [0.25, 0.3) is 16.8 Å². The molecule has 0 saturated heterocycles. The molecule has 11 heteroatoms. The van der Waals surface area contributed by atoms with Gasteiger partial charge in [0.05, 0.1) is 17.1 Å². The van der Waals surface area contributed by atoms with Gasteiger partial charge in [-0.3, -0.25) is 5.01 Å². The normalized spacial score (nSPS) is 12.2. The second-order valence-electron chi connectivity index (χ2n) is 6.74. The highest BCUT2D eigenvalue weighted by atomic mass is 35.5. The number of benzene rings is 2. The number of aromatic nitrogens is 1. The Balaban J connectivity index is 2.19. The predicted molar refractivity (Wildman–Crippen MR) is 117 cm³/mol. The molecule has 33 heavy (non-hydrogen) atoms. The highest BCUT2D eigenvalue weighted by Gasteiger charge is 2.41. The van der Waals surface area contributed by atoms with Crippen LogP contribution in [0.2, 0.25) is 10.0 Å². The molecular formula is C22H14Cl2F4N4O. The summed E-state index contributed by atoms with van der Waals surface area (Å²) in [4.78, 5) is 0. The Morgan fingerprint density at radius 1 is 1.24 bits per heavy atom. The van der Waals surface area contributed by atoms with Crippen LogP contribution < -0.4 is 0 Å². The lowest BCUT2D eigenvalue weighted by Crippen LogP contribution is -2.28. The van der Waals surface area contributed by atoms with Gasteiger partial charge in [-0.05, 0) is 36.8 Å². The predicted octanol–water partition coefficient (Wildman–Crippen LogP) is 7.07. The van der Waals surface area contributed by atoms with E-state index >= 15 is 0 Å². The van der Waals surface area contributed by atoms with Gasteiger partial charge >= 0.3 is 6.18 Å². The summed E-state index contributed by atoms with van der Waals surface area (Å²) in [6, 6.07) is 11.7. The largest absolute Gasteiger partial charge is 0.433 e. The van der Waals surface area contributed by atoms with Gasteiger partial charge in [0, 0.05) is 17.3 Å². The summed E-state index contributed by atoms with van der Waals surface area (Å²) < 4.78 is 61.8. The Bertz CT molecular complexity index is 1260. The van der Waals surface area contributed by atoms with Crippen molar-refractivity contribution in [3.8, 4) is 17.3 Å². The van der Waals surface area contributed by atoms with Gasteiger partial charge in [-0.2, -0.15) is 23.5 Å². The van der Waals surface area contributed by atoms with Gasteiger partial charge < -0.3 is 4.52 Å². The number of alkyl halides is 3. The van der Waals surface area contributed by atoms with Crippen LogP contribution in [0, 0.1) is 17.1 Å². The molecule has 0 N–H and O–H groups in total. The van der Waals surface area contributed by atoms with Crippen LogP contribution in [0.3, 0.4) is 0 Å². The second kappa shape index (κ2) is 9.65. The van der Waals surface area contributed by atoms with E-state index in [0.29, 0.717) is 15.6 Å². The fourth-order valence-corrected chi connectivity index (χ4v) is 3.68. The Hall–Kier alpha value is -3.35. The van der Waals surface area contributed by atoms with E-state index in [9.17, 15) is 22.8 Å². The monoisotopic (exact) mass is 496 g/mol. The summed E-state index contributed by atoms with van der Waals surface area (Å²) in [5.41, 5.74) is -2.29. The number of hydrogen-bond donors (Lipinski definition) is 0. The molecular weight excluding hydrogens is 483 g/mol. The molecule has 0 radical (unpaired) electrons. The van der Waals surface area contributed by atoms with Crippen LogP contribution in [-0.4, -0.2) is 23.1 Å². The van der Waals surface area contributed by atoms with E-state index in [1.807, 2.05) is 0 Å². The van der Waals surface area contributed by atoms with Crippen LogP contribution in [0.5, 0.6) is 0 Å². The molecule has 5 nitrogen and oxygen atoms in total. The Kier molecular flexibility index (Phi) is 7.10. The third kappa shape index (κ3) is 5.02. The van der Waals surface area contributed by atoms with Crippen molar-refractivity contribution >= 4 is 35.5 Å². The maximum atomic E-state index is 14.4. The van der Waals surface area contributed by atoms with E-state index < -0.39 is 34.6 Å². The second-order valence-corrected chi connectivity index (χ2v) is 7.59. The molecule has 0 aliphatic heterocycles. The average molecular weight is 497 g/mol. The molecule has 0 amide bonds. The third-order valence-corrected chi connectivity index (χ3v) is 5.17. The highest BCUT2D eigenvalue weighted by molar-refractivity contribution is 6.33. The number of hydrogen-bond acceptors (Lipinski definition) is 5. The van der Waals surface area contributed by atoms with E-state index in [1.165, 1.54) is 18.2 Å². The summed E-state index contributed by atoms with van der Waals surface area (Å²) in [6.07, 6.45) is -4.92. The molecule has 0 saturated carbocycles. The first-order valence-corrected chi connectivity index (χ1v) is 9.95. The third-order valence-electron chi connectivity index (χ3n) is 4.62. The van der Waals surface area contributed by atoms with Crippen molar-refractivity contribution in [3.63, 3.8) is 0 Å². The van der Waals surface area contributed by atoms with Crippen molar-refractivity contribution in [2.75, 3.05) is 0 Å². The fourth-order valence-electron chi connectivity index (χ4n) is 3.21. The first kappa shape index (κ1) is 24.3. The van der Waals surface area contributed by atoms with Gasteiger partial charge in [-0.15, -0.1) is 0 Å². The summed E-state index contributed by atoms with van der Waals surface area (Å²) >= 11 is 12.0. The summed E-state index contributed by atoms with van der Waals surface area (Å²) in [5.74, 6) is -1.31. The maximum Gasteiger partial charge on any atom is 0.433 e. The van der Waals surface area contributed by atoms with Gasteiger partial charge in [0.25, 0.3) is 0 Å². The molecule has 0 unspecified atom stereocenters. The van der Waals surface area contributed by atoms with E-state index in [0.717, 1.165) is 13.0 Å². The zero-order valence-electron chi connectivity index (χ0n) is 16.9. The van der Waals surface area contributed by atoms with Crippen LogP contribution in [0.4, 0.5) is 17.6 Å². The maximum absolute atomic E-state index is 14.4. The molecule has 2 aromatic carbocycles. The molecule has 3 aromatic rings. The first-order valence-electron chi connectivity index (χ1n) is 9.19. The minimum Gasteiger partial charge on any atom is -0.354 e. The number of allylic oxidation sites excluding steroid dienone is 2. The lowest BCUT2D eigenvalue weighted by atomic mass is 10.0. The van der Waals surface area contributed by atoms with E-state index in [4.69, 9.17) is 27.7 Å². The van der Waals surface area contributed by atoms with Gasteiger partial charge in [0.1, 0.15) is 28.8 Å². The number of hydrazone groups is 1. The van der Waals surface area contributed by atoms with Crippen molar-refractivity contribution in [2.45, 2.75) is 19.6 Å². The minimum atomic E-state index is -4.92. The van der Waals surface area contributed by atoms with E-state index in [-0.39, 0.29) is 22.8 Å². The quantitative estimate of drug-likeness (QED) is 0.208. The molecule has 1 heterocycles. The lowest BCUT2D eigenvalue weighted by molar-refractivity contribution is -0.111. The number of nitrogens with zero attached hydrogens (tertiary/aromatic N) is 4. The van der Waals surface area contributed by atoms with Crippen molar-refractivity contribution in [2.24, 2.45) is 5.10 Å². The summed E-state index contributed by atoms with van der Waals surface area (Å²) in [7, 11) is 0. The van der Waals surface area contributed by atoms with Crippen LogP contribution in [-0.2, 0) is 6.54 Å². The highest BCUT2D eigenvalue weighted by Crippen LogP contribution is 2.40. The molecule has 1 aromatic heterocycles. The van der Waals surface area contributed by atoms with Gasteiger partial charge in [0.2, 0.25) is 0 Å². The van der Waals surface area contributed by atoms with Crippen molar-refractivity contribution in [3.05, 3.63) is 80.9 Å². The zero-order chi connectivity index (χ0) is 24.3. The Labute approximate surface area is 196 Å². The minimum absolute atomic E-state index is 0.0839. The molecule has 0 bridgehead atoms. The molecule has 3 rings (SSSR count). The van der Waals surface area contributed by atoms with Crippen LogP contribution in [0.1, 0.15) is 23.8 Å². The SMILES string of the molecule is C=NN(Cc1cccc(Cl)c1)/C(=C(\C)c1onc(-c2c(F)cccc2Cl)c1C#N)C(F)(F)F.